The van der Waals surface area contributed by atoms with Crippen LogP contribution in [0.15, 0.2) is 18.2 Å². The molecule has 116 valence electrons. The molecule has 0 spiro atoms. The molecular formula is C13H11Cl2N3O4. The van der Waals surface area contributed by atoms with Crippen molar-refractivity contribution in [1.82, 2.24) is 9.78 Å². The van der Waals surface area contributed by atoms with Crippen LogP contribution in [0, 0.1) is 24.0 Å². The highest BCUT2D eigenvalue weighted by Gasteiger charge is 2.23. The zero-order chi connectivity index (χ0) is 16.4. The van der Waals surface area contributed by atoms with Crippen molar-refractivity contribution in [2.45, 2.75) is 20.4 Å². The second kappa shape index (κ2) is 6.33. The van der Waals surface area contributed by atoms with Gasteiger partial charge in [-0.1, -0.05) is 23.2 Å². The first kappa shape index (κ1) is 16.3. The quantitative estimate of drug-likeness (QED) is 0.367. The lowest BCUT2D eigenvalue weighted by Crippen LogP contribution is -2.18. The largest absolute Gasteiger partial charge is 0.425 e. The third kappa shape index (κ3) is 3.37. The zero-order valence-corrected chi connectivity index (χ0v) is 13.2. The first-order valence-corrected chi connectivity index (χ1v) is 6.89. The van der Waals surface area contributed by atoms with Crippen LogP contribution in [0.5, 0.6) is 5.75 Å². The molecule has 0 aliphatic carbocycles. The number of halogens is 2. The van der Waals surface area contributed by atoms with E-state index >= 15 is 0 Å². The molecule has 0 aliphatic heterocycles. The molecule has 0 fully saturated rings. The molecule has 0 radical (unpaired) electrons. The van der Waals surface area contributed by atoms with Gasteiger partial charge < -0.3 is 4.74 Å². The van der Waals surface area contributed by atoms with Gasteiger partial charge in [-0.3, -0.25) is 14.8 Å². The lowest BCUT2D eigenvalue weighted by atomic mass is 10.3. The fraction of sp³-hybridized carbons (Fsp3) is 0.231. The van der Waals surface area contributed by atoms with Crippen molar-refractivity contribution in [1.29, 1.82) is 0 Å². The molecule has 1 aromatic heterocycles. The fourth-order valence-electron chi connectivity index (χ4n) is 1.93. The highest BCUT2D eigenvalue weighted by molar-refractivity contribution is 6.42. The van der Waals surface area contributed by atoms with Gasteiger partial charge in [-0.25, -0.2) is 4.79 Å². The van der Waals surface area contributed by atoms with Crippen molar-refractivity contribution in [3.8, 4) is 5.75 Å². The van der Waals surface area contributed by atoms with E-state index in [9.17, 15) is 14.9 Å². The van der Waals surface area contributed by atoms with Crippen LogP contribution in [0.4, 0.5) is 5.69 Å². The predicted molar refractivity (Wildman–Crippen MR) is 80.5 cm³/mol. The number of nitrogens with zero attached hydrogens (tertiary/aromatic N) is 3. The molecule has 2 rings (SSSR count). The van der Waals surface area contributed by atoms with Crippen molar-refractivity contribution < 1.29 is 14.5 Å². The van der Waals surface area contributed by atoms with Gasteiger partial charge in [0.25, 0.3) is 0 Å². The summed E-state index contributed by atoms with van der Waals surface area (Å²) in [5.74, 6) is -0.394. The molecule has 0 N–H and O–H groups in total. The van der Waals surface area contributed by atoms with Gasteiger partial charge >= 0.3 is 11.7 Å². The van der Waals surface area contributed by atoms with Crippen LogP contribution < -0.4 is 4.74 Å². The summed E-state index contributed by atoms with van der Waals surface area (Å²) >= 11 is 11.6. The zero-order valence-electron chi connectivity index (χ0n) is 11.7. The standard InChI is InChI=1S/C13H11Cl2N3O4/c1-7-13(18(20)21)8(2)17(16-7)6-12(19)22-9-3-4-10(14)11(15)5-9/h3-5H,6H2,1-2H3. The monoisotopic (exact) mass is 343 g/mol. The van der Waals surface area contributed by atoms with Crippen molar-refractivity contribution in [3.05, 3.63) is 49.7 Å². The Morgan fingerprint density at radius 3 is 2.59 bits per heavy atom. The Labute approximate surface area is 135 Å². The third-order valence-corrected chi connectivity index (χ3v) is 3.67. The summed E-state index contributed by atoms with van der Waals surface area (Å²) in [6.45, 7) is 2.78. The van der Waals surface area contributed by atoms with E-state index in [2.05, 4.69) is 5.10 Å². The van der Waals surface area contributed by atoms with E-state index in [1.807, 2.05) is 0 Å². The number of esters is 1. The van der Waals surface area contributed by atoms with E-state index in [4.69, 9.17) is 27.9 Å². The lowest BCUT2D eigenvalue weighted by molar-refractivity contribution is -0.386. The molecule has 0 amide bonds. The number of benzene rings is 1. The topological polar surface area (TPSA) is 87.3 Å². The Morgan fingerprint density at radius 1 is 1.36 bits per heavy atom. The third-order valence-electron chi connectivity index (χ3n) is 2.93. The summed E-state index contributed by atoms with van der Waals surface area (Å²) in [5, 5.41) is 15.5. The minimum Gasteiger partial charge on any atom is -0.425 e. The van der Waals surface area contributed by atoms with Gasteiger partial charge in [-0.15, -0.1) is 0 Å². The van der Waals surface area contributed by atoms with Gasteiger partial charge in [0.15, 0.2) is 0 Å². The molecule has 1 aromatic carbocycles. The van der Waals surface area contributed by atoms with Crippen LogP contribution in [0.1, 0.15) is 11.4 Å². The maximum absolute atomic E-state index is 11.9. The summed E-state index contributed by atoms with van der Waals surface area (Å²) in [5.41, 5.74) is 0.417. The van der Waals surface area contributed by atoms with Gasteiger partial charge in [0.2, 0.25) is 0 Å². The Balaban J connectivity index is 2.14. The summed E-state index contributed by atoms with van der Waals surface area (Å²) in [6, 6.07) is 4.40. The van der Waals surface area contributed by atoms with Crippen LogP contribution in [-0.4, -0.2) is 20.7 Å². The first-order chi connectivity index (χ1) is 10.3. The van der Waals surface area contributed by atoms with Gasteiger partial charge in [-0.2, -0.15) is 5.10 Å². The smallest absolute Gasteiger partial charge is 0.333 e. The molecule has 0 bridgehead atoms. The number of carbonyl (C=O) groups is 1. The first-order valence-electron chi connectivity index (χ1n) is 6.13. The number of ether oxygens (including phenoxy) is 1. The SMILES string of the molecule is Cc1nn(CC(=O)Oc2ccc(Cl)c(Cl)c2)c(C)c1[N+](=O)[O-]. The molecule has 2 aromatic rings. The number of hydrogen-bond acceptors (Lipinski definition) is 5. The Kier molecular flexibility index (Phi) is 4.68. The van der Waals surface area contributed by atoms with Gasteiger partial charge in [0.1, 0.15) is 23.7 Å². The summed E-state index contributed by atoms with van der Waals surface area (Å²) < 4.78 is 6.34. The average molecular weight is 344 g/mol. The number of aromatic nitrogens is 2. The van der Waals surface area contributed by atoms with Crippen LogP contribution in [-0.2, 0) is 11.3 Å². The van der Waals surface area contributed by atoms with Crippen LogP contribution in [0.25, 0.3) is 0 Å². The second-order valence-corrected chi connectivity index (χ2v) is 5.30. The van der Waals surface area contributed by atoms with E-state index in [0.717, 1.165) is 0 Å². The maximum atomic E-state index is 11.9. The number of carbonyl (C=O) groups excluding carboxylic acids is 1. The van der Waals surface area contributed by atoms with E-state index in [0.29, 0.717) is 5.02 Å². The van der Waals surface area contributed by atoms with Gasteiger partial charge in [0, 0.05) is 6.07 Å². The van der Waals surface area contributed by atoms with Gasteiger partial charge in [0.05, 0.1) is 15.0 Å². The fourth-order valence-corrected chi connectivity index (χ4v) is 2.22. The van der Waals surface area contributed by atoms with Crippen molar-refractivity contribution in [3.63, 3.8) is 0 Å². The van der Waals surface area contributed by atoms with Crippen molar-refractivity contribution in [2.24, 2.45) is 0 Å². The molecule has 1 heterocycles. The van der Waals surface area contributed by atoms with E-state index in [-0.39, 0.29) is 34.4 Å². The number of nitro groups is 1. The Bertz CT molecular complexity index is 758. The highest BCUT2D eigenvalue weighted by Crippen LogP contribution is 2.26. The molecule has 22 heavy (non-hydrogen) atoms. The highest BCUT2D eigenvalue weighted by atomic mass is 35.5. The Morgan fingerprint density at radius 2 is 2.05 bits per heavy atom. The molecular weight excluding hydrogens is 333 g/mol. The minimum absolute atomic E-state index is 0.109. The van der Waals surface area contributed by atoms with Crippen LogP contribution >= 0.6 is 23.2 Å². The van der Waals surface area contributed by atoms with E-state index in [1.54, 1.807) is 0 Å². The molecule has 0 atom stereocenters. The van der Waals surface area contributed by atoms with Crippen LogP contribution in [0.3, 0.4) is 0 Å². The molecule has 0 saturated heterocycles. The number of aryl methyl sites for hydroxylation is 1. The second-order valence-electron chi connectivity index (χ2n) is 4.48. The molecule has 9 heteroatoms. The summed E-state index contributed by atoms with van der Waals surface area (Å²) in [7, 11) is 0. The molecule has 0 unspecified atom stereocenters. The normalized spacial score (nSPS) is 10.5. The summed E-state index contributed by atoms with van der Waals surface area (Å²) in [4.78, 5) is 22.3. The predicted octanol–water partition coefficient (Wildman–Crippen LogP) is 3.32. The maximum Gasteiger partial charge on any atom is 0.333 e. The average Bonchev–Trinajstić information content (AvgIpc) is 2.68. The number of hydrogen-bond donors (Lipinski definition) is 0. The van der Waals surface area contributed by atoms with Crippen LogP contribution in [0.2, 0.25) is 10.0 Å². The van der Waals surface area contributed by atoms with Crippen molar-refractivity contribution in [2.75, 3.05) is 0 Å². The molecule has 0 aliphatic rings. The van der Waals surface area contributed by atoms with Crippen molar-refractivity contribution >= 4 is 34.9 Å². The van der Waals surface area contributed by atoms with E-state index < -0.39 is 10.9 Å². The molecule has 0 saturated carbocycles. The summed E-state index contributed by atoms with van der Waals surface area (Å²) in [6.07, 6.45) is 0. The Hall–Kier alpha value is -2.12. The number of rotatable bonds is 4. The lowest BCUT2D eigenvalue weighted by Gasteiger charge is -2.06. The molecule has 7 nitrogen and oxygen atoms in total. The minimum atomic E-state index is -0.626. The van der Waals surface area contributed by atoms with E-state index in [1.165, 1.54) is 36.7 Å². The van der Waals surface area contributed by atoms with Gasteiger partial charge in [-0.05, 0) is 26.0 Å².